The average molecular weight is 247 g/mol. The maximum absolute atomic E-state index is 11.0. The normalized spacial score (nSPS) is 10.1. The Balaban J connectivity index is 0.00000106. The third-order valence-corrected chi connectivity index (χ3v) is 2.66. The molecule has 0 spiro atoms. The van der Waals surface area contributed by atoms with Crippen LogP contribution in [0.25, 0.3) is 0 Å². The monoisotopic (exact) mass is 247 g/mol. The maximum atomic E-state index is 11.0. The van der Waals surface area contributed by atoms with Crippen molar-refractivity contribution in [2.75, 3.05) is 18.5 Å². The van der Waals surface area contributed by atoms with Crippen molar-refractivity contribution in [1.82, 2.24) is 4.98 Å². The fourth-order valence-electron chi connectivity index (χ4n) is 0.927. The minimum Gasteiger partial charge on any atom is -0.493 e. The molecule has 0 aliphatic heterocycles. The molecule has 7 heteroatoms. The molecule has 0 atom stereocenters. The molecule has 1 aromatic heterocycles. The first-order valence-corrected chi connectivity index (χ1v) is 6.22. The number of nitrogens with zero attached hydrogens (tertiary/aromatic N) is 2. The molecule has 0 aliphatic rings. The van der Waals surface area contributed by atoms with Crippen molar-refractivity contribution < 1.29 is 13.2 Å². The van der Waals surface area contributed by atoms with Crippen LogP contribution in [-0.2, 0) is 10.2 Å². The molecule has 0 amide bonds. The molecule has 2 N–H and O–H groups in total. The number of anilines is 1. The highest BCUT2D eigenvalue weighted by atomic mass is 32.2. The summed E-state index contributed by atoms with van der Waals surface area (Å²) in [5, 5.41) is 4.96. The summed E-state index contributed by atoms with van der Waals surface area (Å²) in [6.45, 7) is 4.00. The summed E-state index contributed by atoms with van der Waals surface area (Å²) in [5.74, 6) is 0.351. The predicted octanol–water partition coefficient (Wildman–Crippen LogP) is 0.756. The van der Waals surface area contributed by atoms with Gasteiger partial charge in [-0.3, -0.25) is 9.29 Å². The van der Waals surface area contributed by atoms with Crippen molar-refractivity contribution in [3.05, 3.63) is 18.5 Å². The lowest BCUT2D eigenvalue weighted by molar-refractivity contribution is 0.414. The molecule has 0 bridgehead atoms. The lowest BCUT2D eigenvalue weighted by atomic mass is 10.4. The first kappa shape index (κ1) is 14.7. The molecule has 0 saturated heterocycles. The van der Waals surface area contributed by atoms with Crippen LogP contribution in [0.15, 0.2) is 18.5 Å². The summed E-state index contributed by atoms with van der Waals surface area (Å²) in [7, 11) is -0.994. The van der Waals surface area contributed by atoms with E-state index < -0.39 is 10.2 Å². The Bertz CT molecular complexity index is 420. The molecule has 6 nitrogen and oxygen atoms in total. The first-order valence-electron chi connectivity index (χ1n) is 4.71. The molecule has 0 unspecified atom stereocenters. The van der Waals surface area contributed by atoms with Gasteiger partial charge in [0.2, 0.25) is 0 Å². The first-order chi connectivity index (χ1) is 7.46. The van der Waals surface area contributed by atoms with Crippen LogP contribution in [0.5, 0.6) is 5.75 Å². The van der Waals surface area contributed by atoms with E-state index in [4.69, 9.17) is 9.88 Å². The van der Waals surface area contributed by atoms with Crippen LogP contribution in [0.3, 0.4) is 0 Å². The Labute approximate surface area is 96.2 Å². The summed E-state index contributed by atoms with van der Waals surface area (Å²) in [4.78, 5) is 3.79. The minimum absolute atomic E-state index is 0.351. The highest BCUT2D eigenvalue weighted by Gasteiger charge is 2.16. The van der Waals surface area contributed by atoms with Crippen LogP contribution >= 0.6 is 0 Å². The van der Waals surface area contributed by atoms with Crippen LogP contribution in [0.1, 0.15) is 13.8 Å². The third kappa shape index (κ3) is 3.67. The summed E-state index contributed by atoms with van der Waals surface area (Å²) < 4.78 is 27.9. The Hall–Kier alpha value is -1.34. The van der Waals surface area contributed by atoms with Gasteiger partial charge < -0.3 is 4.74 Å². The van der Waals surface area contributed by atoms with E-state index in [1.807, 2.05) is 13.8 Å². The number of aromatic nitrogens is 1. The van der Waals surface area contributed by atoms with Gasteiger partial charge >= 0.3 is 0 Å². The van der Waals surface area contributed by atoms with Crippen LogP contribution < -0.4 is 14.2 Å². The fourth-order valence-corrected chi connectivity index (χ4v) is 1.35. The lowest BCUT2D eigenvalue weighted by Crippen LogP contribution is -2.33. The van der Waals surface area contributed by atoms with E-state index in [9.17, 15) is 8.42 Å². The molecule has 1 aromatic rings. The van der Waals surface area contributed by atoms with Crippen LogP contribution in [0, 0.1) is 0 Å². The predicted molar refractivity (Wildman–Crippen MR) is 63.6 cm³/mol. The van der Waals surface area contributed by atoms with Gasteiger partial charge in [-0.1, -0.05) is 13.8 Å². The van der Waals surface area contributed by atoms with Crippen molar-refractivity contribution in [2.45, 2.75) is 13.8 Å². The van der Waals surface area contributed by atoms with Crippen LogP contribution in [-0.4, -0.2) is 27.6 Å². The largest absolute Gasteiger partial charge is 0.493 e. The van der Waals surface area contributed by atoms with Crippen molar-refractivity contribution >= 4 is 15.9 Å². The van der Waals surface area contributed by atoms with Crippen molar-refractivity contribution in [3.63, 3.8) is 0 Å². The summed E-state index contributed by atoms with van der Waals surface area (Å²) in [5.41, 5.74) is 0.352. The molecule has 0 radical (unpaired) electrons. The van der Waals surface area contributed by atoms with Crippen LogP contribution in [0.2, 0.25) is 0 Å². The molecular formula is C9H17N3O3S. The molecule has 16 heavy (non-hydrogen) atoms. The zero-order chi connectivity index (χ0) is 12.8. The number of ether oxygens (including phenoxy) is 1. The van der Waals surface area contributed by atoms with E-state index in [0.717, 1.165) is 4.31 Å². The van der Waals surface area contributed by atoms with Crippen molar-refractivity contribution in [2.24, 2.45) is 5.14 Å². The molecular weight excluding hydrogens is 230 g/mol. The molecule has 0 saturated carbocycles. The van der Waals surface area contributed by atoms with E-state index in [-0.39, 0.29) is 0 Å². The van der Waals surface area contributed by atoms with E-state index in [1.54, 1.807) is 0 Å². The second-order valence-electron chi connectivity index (χ2n) is 2.56. The fraction of sp³-hybridized carbons (Fsp3) is 0.444. The average Bonchev–Trinajstić information content (AvgIpc) is 2.29. The summed E-state index contributed by atoms with van der Waals surface area (Å²) in [6, 6.07) is 1.50. The number of rotatable bonds is 3. The number of pyridine rings is 1. The number of methoxy groups -OCH3 is 1. The Morgan fingerprint density at radius 2 is 2.00 bits per heavy atom. The highest BCUT2D eigenvalue weighted by Crippen LogP contribution is 2.26. The zero-order valence-electron chi connectivity index (χ0n) is 9.84. The van der Waals surface area contributed by atoms with Gasteiger partial charge in [0.25, 0.3) is 10.2 Å². The van der Waals surface area contributed by atoms with Gasteiger partial charge in [0, 0.05) is 13.2 Å². The van der Waals surface area contributed by atoms with E-state index in [0.29, 0.717) is 11.4 Å². The summed E-state index contributed by atoms with van der Waals surface area (Å²) >= 11 is 0. The van der Waals surface area contributed by atoms with E-state index in [1.165, 1.54) is 32.6 Å². The Morgan fingerprint density at radius 3 is 2.44 bits per heavy atom. The van der Waals surface area contributed by atoms with Gasteiger partial charge in [0.15, 0.2) is 5.75 Å². The number of hydrogen-bond acceptors (Lipinski definition) is 4. The Morgan fingerprint density at radius 1 is 1.44 bits per heavy atom. The van der Waals surface area contributed by atoms with Crippen molar-refractivity contribution in [3.8, 4) is 5.75 Å². The maximum Gasteiger partial charge on any atom is 0.298 e. The Kier molecular flexibility index (Phi) is 5.76. The van der Waals surface area contributed by atoms with E-state index in [2.05, 4.69) is 4.98 Å². The standard InChI is InChI=1S/C7H11N3O3S.C2H6/c1-10(14(8,11)12)6-3-4-9-5-7(6)13-2;1-2/h3-5H,1-2H3,(H2,8,11,12);1-2H3. The topological polar surface area (TPSA) is 85.5 Å². The van der Waals surface area contributed by atoms with Gasteiger partial charge in [-0.05, 0) is 6.07 Å². The van der Waals surface area contributed by atoms with Gasteiger partial charge in [-0.25, -0.2) is 5.14 Å². The van der Waals surface area contributed by atoms with Gasteiger partial charge in [0.1, 0.15) is 0 Å². The highest BCUT2D eigenvalue weighted by molar-refractivity contribution is 7.90. The minimum atomic E-state index is -3.76. The van der Waals surface area contributed by atoms with Crippen LogP contribution in [0.4, 0.5) is 5.69 Å². The quantitative estimate of drug-likeness (QED) is 0.854. The number of nitrogens with two attached hydrogens (primary N) is 1. The smallest absolute Gasteiger partial charge is 0.298 e. The van der Waals surface area contributed by atoms with Gasteiger partial charge in [0.05, 0.1) is 19.0 Å². The molecule has 1 rings (SSSR count). The SMILES string of the molecule is CC.COc1cnccc1N(C)S(N)(=O)=O. The molecule has 0 aliphatic carbocycles. The zero-order valence-corrected chi connectivity index (χ0v) is 10.7. The van der Waals surface area contributed by atoms with Crippen molar-refractivity contribution in [1.29, 1.82) is 0 Å². The molecule has 0 aromatic carbocycles. The molecule has 92 valence electrons. The second kappa shape index (κ2) is 6.29. The van der Waals surface area contributed by atoms with Gasteiger partial charge in [-0.2, -0.15) is 8.42 Å². The number of hydrogen-bond donors (Lipinski definition) is 1. The lowest BCUT2D eigenvalue weighted by Gasteiger charge is -2.17. The third-order valence-electron chi connectivity index (χ3n) is 1.70. The molecule has 1 heterocycles. The second-order valence-corrected chi connectivity index (χ2v) is 4.14. The van der Waals surface area contributed by atoms with E-state index >= 15 is 0 Å². The molecule has 0 fully saturated rings. The van der Waals surface area contributed by atoms with Gasteiger partial charge in [-0.15, -0.1) is 0 Å². The summed E-state index contributed by atoms with van der Waals surface area (Å²) in [6.07, 6.45) is 2.87.